The quantitative estimate of drug-likeness (QED) is 0.175. The zero-order valence-electron chi connectivity index (χ0n) is 25.7. The van der Waals surface area contributed by atoms with E-state index >= 15 is 0 Å². The zero-order chi connectivity index (χ0) is 31.2. The van der Waals surface area contributed by atoms with Crippen LogP contribution in [-0.4, -0.2) is 71.6 Å². The lowest BCUT2D eigenvalue weighted by Crippen LogP contribution is -2.35. The van der Waals surface area contributed by atoms with Gasteiger partial charge in [0.15, 0.2) is 0 Å². The van der Waals surface area contributed by atoms with Crippen LogP contribution in [0.4, 0.5) is 14.7 Å². The summed E-state index contributed by atoms with van der Waals surface area (Å²) in [5.74, 6) is 0.495. The third-order valence-electron chi connectivity index (χ3n) is 8.76. The second-order valence-corrected chi connectivity index (χ2v) is 11.9. The molecule has 8 heteroatoms. The number of fused-ring (bicyclic) bond motifs is 1. The van der Waals surface area contributed by atoms with Gasteiger partial charge in [0.2, 0.25) is 5.95 Å². The molecule has 6 nitrogen and oxygen atoms in total. The first-order valence-corrected chi connectivity index (χ1v) is 15.7. The molecular weight excluding hydrogens is 568 g/mol. The first kappa shape index (κ1) is 30.5. The van der Waals surface area contributed by atoms with Crippen LogP contribution in [0.2, 0.25) is 0 Å². The van der Waals surface area contributed by atoms with Crippen molar-refractivity contribution in [2.75, 3.05) is 51.2 Å². The van der Waals surface area contributed by atoms with E-state index in [1.807, 2.05) is 79.8 Å². The maximum absolute atomic E-state index is 13.8. The van der Waals surface area contributed by atoms with Gasteiger partial charge in [0.25, 0.3) is 5.91 Å². The Hall–Kier alpha value is -4.56. The van der Waals surface area contributed by atoms with Crippen molar-refractivity contribution in [2.24, 2.45) is 0 Å². The highest BCUT2D eigenvalue weighted by molar-refractivity contribution is 5.94. The summed E-state index contributed by atoms with van der Waals surface area (Å²) < 4.78 is 29.6. The van der Waals surface area contributed by atoms with Gasteiger partial charge in [0.1, 0.15) is 11.6 Å². The van der Waals surface area contributed by atoms with E-state index in [2.05, 4.69) is 20.4 Å². The van der Waals surface area contributed by atoms with Gasteiger partial charge in [-0.2, -0.15) is 0 Å². The maximum Gasteiger partial charge on any atom is 0.253 e. The molecule has 0 saturated carbocycles. The summed E-state index contributed by atoms with van der Waals surface area (Å²) in [5, 5.41) is 0. The summed E-state index contributed by atoms with van der Waals surface area (Å²) in [5.41, 5.74) is 4.74. The summed E-state index contributed by atoms with van der Waals surface area (Å²) in [6.07, 6.45) is 1.84. The van der Waals surface area contributed by atoms with Crippen LogP contribution in [0.15, 0.2) is 103 Å². The van der Waals surface area contributed by atoms with Crippen molar-refractivity contribution >= 4 is 22.9 Å². The van der Waals surface area contributed by atoms with Gasteiger partial charge in [-0.1, -0.05) is 54.6 Å². The normalized spacial score (nSPS) is 14.8. The molecule has 6 rings (SSSR count). The van der Waals surface area contributed by atoms with Gasteiger partial charge in [-0.3, -0.25) is 4.79 Å². The number of anilines is 1. The van der Waals surface area contributed by atoms with Crippen molar-refractivity contribution < 1.29 is 13.6 Å². The Bertz CT molecular complexity index is 1710. The van der Waals surface area contributed by atoms with Crippen LogP contribution in [0, 0.1) is 11.6 Å². The van der Waals surface area contributed by atoms with E-state index in [-0.39, 0.29) is 23.5 Å². The van der Waals surface area contributed by atoms with E-state index in [9.17, 15) is 13.6 Å². The maximum atomic E-state index is 13.8. The Balaban J connectivity index is 1.14. The molecule has 4 aromatic carbocycles. The number of rotatable bonds is 10. The van der Waals surface area contributed by atoms with E-state index in [1.165, 1.54) is 24.3 Å². The molecule has 1 aromatic heterocycles. The zero-order valence-corrected chi connectivity index (χ0v) is 25.7. The lowest BCUT2D eigenvalue weighted by atomic mass is 9.94. The summed E-state index contributed by atoms with van der Waals surface area (Å²) >= 11 is 0. The van der Waals surface area contributed by atoms with Gasteiger partial charge in [0, 0.05) is 44.7 Å². The average molecular weight is 608 g/mol. The Kier molecular flexibility index (Phi) is 9.50. The van der Waals surface area contributed by atoms with E-state index in [1.54, 1.807) is 4.90 Å². The van der Waals surface area contributed by atoms with Crippen LogP contribution < -0.4 is 4.90 Å². The van der Waals surface area contributed by atoms with Crippen LogP contribution >= 0.6 is 0 Å². The summed E-state index contributed by atoms with van der Waals surface area (Å²) in [7, 11) is 1.84. The van der Waals surface area contributed by atoms with Gasteiger partial charge in [-0.25, -0.2) is 13.8 Å². The first-order chi connectivity index (χ1) is 21.9. The molecule has 1 saturated heterocycles. The van der Waals surface area contributed by atoms with Crippen molar-refractivity contribution in [1.29, 1.82) is 0 Å². The van der Waals surface area contributed by atoms with E-state index in [0.717, 1.165) is 73.7 Å². The smallest absolute Gasteiger partial charge is 0.253 e. The monoisotopic (exact) mass is 607 g/mol. The van der Waals surface area contributed by atoms with Gasteiger partial charge >= 0.3 is 0 Å². The molecule has 0 N–H and O–H groups in total. The minimum absolute atomic E-state index is 0.0170. The molecule has 0 radical (unpaired) electrons. The molecule has 1 aliphatic rings. The number of para-hydroxylation sites is 2. The number of halogens is 2. The second-order valence-electron chi connectivity index (χ2n) is 11.9. The minimum atomic E-state index is -0.260. The van der Waals surface area contributed by atoms with E-state index in [4.69, 9.17) is 4.98 Å². The summed E-state index contributed by atoms with van der Waals surface area (Å²) in [4.78, 5) is 24.8. The number of benzene rings is 4. The SMILES string of the molecule is CN(CC(CCN1CCCN(c2nc3ccccc3n2Cc2ccc(F)cc2)CC1)c1ccc(F)cc1)C(=O)c1ccccc1. The number of carbonyl (C=O) groups is 1. The van der Waals surface area contributed by atoms with Crippen LogP contribution in [0.3, 0.4) is 0 Å². The largest absolute Gasteiger partial charge is 0.341 e. The highest BCUT2D eigenvalue weighted by Crippen LogP contribution is 2.27. The van der Waals surface area contributed by atoms with Crippen LogP contribution in [0.5, 0.6) is 0 Å². The molecule has 5 aromatic rings. The Labute approximate surface area is 263 Å². The molecule has 1 amide bonds. The van der Waals surface area contributed by atoms with Crippen LogP contribution in [-0.2, 0) is 6.54 Å². The van der Waals surface area contributed by atoms with Crippen molar-refractivity contribution in [2.45, 2.75) is 25.3 Å². The molecule has 232 valence electrons. The number of aromatic nitrogens is 2. The van der Waals surface area contributed by atoms with Gasteiger partial charge in [-0.05, 0) is 85.6 Å². The fourth-order valence-corrected chi connectivity index (χ4v) is 6.28. The highest BCUT2D eigenvalue weighted by Gasteiger charge is 2.23. The molecule has 1 atom stereocenters. The predicted octanol–water partition coefficient (Wildman–Crippen LogP) is 6.82. The molecule has 0 spiro atoms. The fourth-order valence-electron chi connectivity index (χ4n) is 6.28. The molecule has 0 aliphatic carbocycles. The third-order valence-corrected chi connectivity index (χ3v) is 8.76. The van der Waals surface area contributed by atoms with Gasteiger partial charge in [-0.15, -0.1) is 0 Å². The molecular formula is C37H39F2N5O. The third kappa shape index (κ3) is 7.40. The van der Waals surface area contributed by atoms with Crippen molar-refractivity contribution in [3.63, 3.8) is 0 Å². The average Bonchev–Trinajstić information content (AvgIpc) is 3.25. The van der Waals surface area contributed by atoms with Gasteiger partial charge in [0.05, 0.1) is 17.6 Å². The number of carbonyl (C=O) groups excluding carboxylic acids is 1. The lowest BCUT2D eigenvalue weighted by molar-refractivity contribution is 0.0782. The van der Waals surface area contributed by atoms with E-state index in [0.29, 0.717) is 18.7 Å². The molecule has 1 fully saturated rings. The number of amides is 1. The highest BCUT2D eigenvalue weighted by atomic mass is 19.1. The Morgan fingerprint density at radius 3 is 2.27 bits per heavy atom. The van der Waals surface area contributed by atoms with Crippen molar-refractivity contribution in [1.82, 2.24) is 19.4 Å². The first-order valence-electron chi connectivity index (χ1n) is 15.7. The number of imidazole rings is 1. The molecule has 2 heterocycles. The standard InChI is InChI=1S/C37H39F2N5O/c1-41(36(45)30-8-3-2-4-9-30)27-31(29-14-18-33(39)19-15-29)20-23-42-21-7-22-43(25-24-42)37-40-34-10-5-6-11-35(34)44(37)26-28-12-16-32(38)17-13-28/h2-6,8-19,31H,7,20-27H2,1H3. The predicted molar refractivity (Wildman–Crippen MR) is 176 cm³/mol. The topological polar surface area (TPSA) is 44.6 Å². The van der Waals surface area contributed by atoms with Crippen LogP contribution in [0.1, 0.15) is 40.2 Å². The summed E-state index contributed by atoms with van der Waals surface area (Å²) in [6.45, 7) is 5.60. The number of nitrogens with zero attached hydrogens (tertiary/aromatic N) is 5. The molecule has 45 heavy (non-hydrogen) atoms. The van der Waals surface area contributed by atoms with Crippen molar-refractivity contribution in [3.05, 3.63) is 131 Å². The van der Waals surface area contributed by atoms with Gasteiger partial charge < -0.3 is 19.3 Å². The summed E-state index contributed by atoms with van der Waals surface area (Å²) in [6, 6.07) is 30.9. The molecule has 1 unspecified atom stereocenters. The Morgan fingerprint density at radius 2 is 1.51 bits per heavy atom. The number of hydrogen-bond acceptors (Lipinski definition) is 4. The van der Waals surface area contributed by atoms with Crippen molar-refractivity contribution in [3.8, 4) is 0 Å². The van der Waals surface area contributed by atoms with E-state index < -0.39 is 0 Å². The number of likely N-dealkylation sites (N-methyl/N-ethyl adjacent to an activating group) is 1. The Morgan fingerprint density at radius 1 is 0.822 bits per heavy atom. The fraction of sp³-hybridized carbons (Fsp3) is 0.297. The molecule has 0 bridgehead atoms. The second kappa shape index (κ2) is 14.0. The lowest BCUT2D eigenvalue weighted by Gasteiger charge is -2.28. The van der Waals surface area contributed by atoms with Crippen LogP contribution in [0.25, 0.3) is 11.0 Å². The number of hydrogen-bond donors (Lipinski definition) is 0. The minimum Gasteiger partial charge on any atom is -0.341 e. The molecule has 1 aliphatic heterocycles.